The Kier molecular flexibility index (Phi) is 6.56. The summed E-state index contributed by atoms with van der Waals surface area (Å²) < 4.78 is 15.6. The van der Waals surface area contributed by atoms with Gasteiger partial charge >= 0.3 is 11.6 Å². The average molecular weight is 401 g/mol. The van der Waals surface area contributed by atoms with Gasteiger partial charge in [0.25, 0.3) is 0 Å². The van der Waals surface area contributed by atoms with Crippen LogP contribution in [-0.4, -0.2) is 43.1 Å². The zero-order valence-corrected chi connectivity index (χ0v) is 17.2. The molecule has 3 rings (SSSR count). The Morgan fingerprint density at radius 2 is 2.00 bits per heavy atom. The summed E-state index contributed by atoms with van der Waals surface area (Å²) in [5.74, 6) is 0.266. The Hall–Kier alpha value is -2.83. The Balaban J connectivity index is 1.71. The number of rotatable bonds is 9. The molecule has 29 heavy (non-hydrogen) atoms. The lowest BCUT2D eigenvalue weighted by atomic mass is 10.0. The lowest BCUT2D eigenvalue weighted by molar-refractivity contribution is -0.144. The van der Waals surface area contributed by atoms with Crippen LogP contribution in [-0.2, 0) is 20.7 Å². The van der Waals surface area contributed by atoms with Crippen molar-refractivity contribution in [1.29, 1.82) is 0 Å². The number of aryl methyl sites for hydroxylation is 1. The van der Waals surface area contributed by atoms with E-state index in [1.165, 1.54) is 0 Å². The van der Waals surface area contributed by atoms with Crippen LogP contribution in [0, 0.1) is 6.92 Å². The molecular weight excluding hydrogens is 374 g/mol. The van der Waals surface area contributed by atoms with Crippen LogP contribution in [0.1, 0.15) is 43.7 Å². The summed E-state index contributed by atoms with van der Waals surface area (Å²) in [6.07, 6.45) is 2.60. The number of methoxy groups -OCH3 is 1. The van der Waals surface area contributed by atoms with Gasteiger partial charge in [-0.1, -0.05) is 0 Å². The van der Waals surface area contributed by atoms with Gasteiger partial charge < -0.3 is 18.8 Å². The molecule has 7 nitrogen and oxygen atoms in total. The van der Waals surface area contributed by atoms with E-state index in [4.69, 9.17) is 13.9 Å². The van der Waals surface area contributed by atoms with Gasteiger partial charge in [-0.05, 0) is 50.8 Å². The summed E-state index contributed by atoms with van der Waals surface area (Å²) in [5.41, 5.74) is 1.37. The van der Waals surface area contributed by atoms with E-state index in [9.17, 15) is 14.4 Å². The number of benzene rings is 1. The molecule has 1 saturated carbocycles. The van der Waals surface area contributed by atoms with Crippen LogP contribution in [0.25, 0.3) is 11.0 Å². The minimum absolute atomic E-state index is 0.0505. The highest BCUT2D eigenvalue weighted by Crippen LogP contribution is 2.28. The third-order valence-electron chi connectivity index (χ3n) is 5.25. The Bertz CT molecular complexity index is 960. The van der Waals surface area contributed by atoms with Gasteiger partial charge in [0.05, 0.1) is 20.1 Å². The molecular formula is C22H27NO6. The zero-order chi connectivity index (χ0) is 21.0. The number of nitrogens with zero attached hydrogens (tertiary/aromatic N) is 1. The van der Waals surface area contributed by atoms with Gasteiger partial charge in [-0.25, -0.2) is 4.79 Å². The minimum atomic E-state index is -0.430. The number of carbonyl (C=O) groups is 2. The molecule has 0 spiro atoms. The highest BCUT2D eigenvalue weighted by atomic mass is 16.5. The summed E-state index contributed by atoms with van der Waals surface area (Å²) in [4.78, 5) is 38.6. The van der Waals surface area contributed by atoms with Crippen molar-refractivity contribution in [2.24, 2.45) is 0 Å². The van der Waals surface area contributed by atoms with Gasteiger partial charge in [0.1, 0.15) is 11.3 Å². The van der Waals surface area contributed by atoms with Gasteiger partial charge in [-0.2, -0.15) is 0 Å². The predicted octanol–water partition coefficient (Wildman–Crippen LogP) is 2.99. The topological polar surface area (TPSA) is 86.1 Å². The molecule has 0 atom stereocenters. The maximum Gasteiger partial charge on any atom is 0.339 e. The molecule has 0 radical (unpaired) electrons. The Labute approximate surface area is 169 Å². The second-order valence-corrected chi connectivity index (χ2v) is 7.23. The van der Waals surface area contributed by atoms with Gasteiger partial charge in [0.15, 0.2) is 0 Å². The van der Waals surface area contributed by atoms with Crippen molar-refractivity contribution >= 4 is 22.8 Å². The molecule has 0 N–H and O–H groups in total. The van der Waals surface area contributed by atoms with Crippen LogP contribution < -0.4 is 10.4 Å². The lowest BCUT2D eigenvalue weighted by Gasteiger charge is -2.22. The summed E-state index contributed by atoms with van der Waals surface area (Å²) in [5, 5.41) is 0.828. The number of amides is 1. The molecule has 1 heterocycles. The standard InChI is InChI=1S/C22H27NO6/c1-4-28-21(25)11-12-23(15-5-6-15)20(24)10-9-18-14(2)17-8-7-16(27-3)13-19(17)29-22(18)26/h7-8,13,15H,4-6,9-12H2,1-3H3. The normalized spacial score (nSPS) is 13.3. The van der Waals surface area contributed by atoms with Crippen molar-refractivity contribution in [2.75, 3.05) is 20.3 Å². The van der Waals surface area contributed by atoms with E-state index in [2.05, 4.69) is 0 Å². The van der Waals surface area contributed by atoms with Gasteiger partial charge in [0, 0.05) is 36.0 Å². The summed E-state index contributed by atoms with van der Waals surface area (Å²) in [7, 11) is 1.56. The molecule has 7 heteroatoms. The second-order valence-electron chi connectivity index (χ2n) is 7.23. The minimum Gasteiger partial charge on any atom is -0.497 e. The number of fused-ring (bicyclic) bond motifs is 1. The first-order valence-corrected chi connectivity index (χ1v) is 10.00. The third kappa shape index (κ3) is 4.96. The molecule has 1 aromatic carbocycles. The van der Waals surface area contributed by atoms with Crippen molar-refractivity contribution in [1.82, 2.24) is 4.90 Å². The van der Waals surface area contributed by atoms with Gasteiger partial charge in [0.2, 0.25) is 5.91 Å². The first kappa shape index (κ1) is 20.9. The largest absolute Gasteiger partial charge is 0.497 e. The van der Waals surface area contributed by atoms with Gasteiger partial charge in [-0.15, -0.1) is 0 Å². The molecule has 0 saturated heterocycles. The monoisotopic (exact) mass is 401 g/mol. The van der Waals surface area contributed by atoms with Crippen molar-refractivity contribution in [3.63, 3.8) is 0 Å². The number of hydrogen-bond donors (Lipinski definition) is 0. The van der Waals surface area contributed by atoms with Crippen LogP contribution in [0.15, 0.2) is 27.4 Å². The van der Waals surface area contributed by atoms with Crippen LogP contribution >= 0.6 is 0 Å². The first-order chi connectivity index (χ1) is 13.9. The fraction of sp³-hybridized carbons (Fsp3) is 0.500. The summed E-state index contributed by atoms with van der Waals surface area (Å²) in [6, 6.07) is 5.55. The number of esters is 1. The van der Waals surface area contributed by atoms with Crippen LogP contribution in [0.2, 0.25) is 0 Å². The number of ether oxygens (including phenoxy) is 2. The summed E-state index contributed by atoms with van der Waals surface area (Å²) in [6.45, 7) is 4.31. The second kappa shape index (κ2) is 9.11. The fourth-order valence-corrected chi connectivity index (χ4v) is 3.51. The Morgan fingerprint density at radius 1 is 1.24 bits per heavy atom. The number of carbonyl (C=O) groups excluding carboxylic acids is 2. The fourth-order valence-electron chi connectivity index (χ4n) is 3.51. The van der Waals surface area contributed by atoms with E-state index in [0.29, 0.717) is 36.5 Å². The molecule has 0 aliphatic heterocycles. The molecule has 1 aliphatic carbocycles. The average Bonchev–Trinajstić information content (AvgIpc) is 3.52. The molecule has 1 amide bonds. The van der Waals surface area contributed by atoms with E-state index >= 15 is 0 Å². The molecule has 0 bridgehead atoms. The third-order valence-corrected chi connectivity index (χ3v) is 5.25. The maximum absolute atomic E-state index is 12.8. The molecule has 1 aromatic heterocycles. The number of hydrogen-bond acceptors (Lipinski definition) is 6. The van der Waals surface area contributed by atoms with E-state index in [1.54, 1.807) is 25.0 Å². The van der Waals surface area contributed by atoms with Crippen LogP contribution in [0.4, 0.5) is 0 Å². The predicted molar refractivity (Wildman–Crippen MR) is 108 cm³/mol. The Morgan fingerprint density at radius 3 is 2.66 bits per heavy atom. The molecule has 156 valence electrons. The van der Waals surface area contributed by atoms with Crippen molar-refractivity contribution in [3.8, 4) is 5.75 Å². The lowest BCUT2D eigenvalue weighted by Crippen LogP contribution is -2.35. The SMILES string of the molecule is CCOC(=O)CCN(C(=O)CCc1c(C)c2ccc(OC)cc2oc1=O)C1CC1. The molecule has 1 fully saturated rings. The quantitative estimate of drug-likeness (QED) is 0.474. The molecule has 1 aliphatic rings. The smallest absolute Gasteiger partial charge is 0.339 e. The van der Waals surface area contributed by atoms with E-state index < -0.39 is 5.63 Å². The molecule has 2 aromatic rings. The maximum atomic E-state index is 12.8. The van der Waals surface area contributed by atoms with Crippen LogP contribution in [0.5, 0.6) is 5.75 Å². The van der Waals surface area contributed by atoms with E-state index in [0.717, 1.165) is 23.8 Å². The highest BCUT2D eigenvalue weighted by Gasteiger charge is 2.32. The first-order valence-electron chi connectivity index (χ1n) is 10.00. The van der Waals surface area contributed by atoms with Crippen molar-refractivity contribution in [3.05, 3.63) is 39.7 Å². The van der Waals surface area contributed by atoms with Gasteiger partial charge in [-0.3, -0.25) is 9.59 Å². The summed E-state index contributed by atoms with van der Waals surface area (Å²) >= 11 is 0. The van der Waals surface area contributed by atoms with E-state index in [1.807, 2.05) is 19.1 Å². The van der Waals surface area contributed by atoms with Crippen molar-refractivity contribution < 1.29 is 23.5 Å². The van der Waals surface area contributed by atoms with Crippen molar-refractivity contribution in [2.45, 2.75) is 52.0 Å². The highest BCUT2D eigenvalue weighted by molar-refractivity contribution is 5.83. The zero-order valence-electron chi connectivity index (χ0n) is 17.2. The van der Waals surface area contributed by atoms with Crippen LogP contribution in [0.3, 0.4) is 0 Å². The molecule has 0 unspecified atom stereocenters. The van der Waals surface area contributed by atoms with E-state index in [-0.39, 0.29) is 30.8 Å².